The van der Waals surface area contributed by atoms with Crippen LogP contribution in [-0.2, 0) is 0 Å². The summed E-state index contributed by atoms with van der Waals surface area (Å²) in [5, 5.41) is 19.2. The molecular weight excluding hydrogens is 585 g/mol. The molecule has 2 atom stereocenters. The van der Waals surface area contributed by atoms with Crippen molar-refractivity contribution in [2.75, 3.05) is 0 Å². The molecule has 266 valence electrons. The normalized spacial score (nSPS) is 12.6. The number of aliphatic hydroxyl groups excluding tert-OH is 2. The van der Waals surface area contributed by atoms with Crippen LogP contribution in [0.1, 0.15) is 180 Å². The lowest BCUT2D eigenvalue weighted by molar-refractivity contribution is 0.280. The summed E-state index contributed by atoms with van der Waals surface area (Å²) < 4.78 is 0. The van der Waals surface area contributed by atoms with Gasteiger partial charge in [-0.3, -0.25) is 0 Å². The van der Waals surface area contributed by atoms with Crippen LogP contribution in [0.4, 0.5) is 0 Å². The SMILES string of the molecule is C#CC=CCCCCCCCCCCCCCC/C=C/CCCC/C=C/CCCCC#C[C@@H](O)C#CCCCCCC/C=C/[C@H](O)C#C. The van der Waals surface area contributed by atoms with Gasteiger partial charge in [0.25, 0.3) is 0 Å². The third-order valence-corrected chi connectivity index (χ3v) is 8.34. The van der Waals surface area contributed by atoms with E-state index in [0.717, 1.165) is 70.6 Å². The minimum Gasteiger partial charge on any atom is -0.377 e. The van der Waals surface area contributed by atoms with Gasteiger partial charge in [0.15, 0.2) is 6.10 Å². The highest BCUT2D eigenvalue weighted by Gasteiger charge is 1.95. The molecule has 0 unspecified atom stereocenters. The number of rotatable bonds is 31. The van der Waals surface area contributed by atoms with Crippen molar-refractivity contribution in [3.63, 3.8) is 0 Å². The maximum Gasteiger partial charge on any atom is 0.176 e. The smallest absolute Gasteiger partial charge is 0.176 e. The van der Waals surface area contributed by atoms with Gasteiger partial charge in [0.1, 0.15) is 6.10 Å². The lowest BCUT2D eigenvalue weighted by Gasteiger charge is -2.02. The first-order valence-corrected chi connectivity index (χ1v) is 19.6. The Morgan fingerprint density at radius 3 is 1.19 bits per heavy atom. The Balaban J connectivity index is 3.41. The molecule has 0 aromatic rings. The molecule has 48 heavy (non-hydrogen) atoms. The van der Waals surface area contributed by atoms with Crippen LogP contribution < -0.4 is 0 Å². The van der Waals surface area contributed by atoms with E-state index in [1.165, 1.54) is 109 Å². The first-order valence-electron chi connectivity index (χ1n) is 19.6. The molecule has 0 bridgehead atoms. The van der Waals surface area contributed by atoms with E-state index in [1.54, 1.807) is 6.08 Å². The molecule has 2 heteroatoms. The molecule has 0 aromatic heterocycles. The Morgan fingerprint density at radius 2 is 0.750 bits per heavy atom. The molecule has 0 aliphatic carbocycles. The summed E-state index contributed by atoms with van der Waals surface area (Å²) in [6.45, 7) is 0. The fourth-order valence-electron chi connectivity index (χ4n) is 5.40. The summed E-state index contributed by atoms with van der Waals surface area (Å²) in [5.41, 5.74) is 0. The first-order chi connectivity index (χ1) is 23.7. The predicted molar refractivity (Wildman–Crippen MR) is 211 cm³/mol. The second-order valence-corrected chi connectivity index (χ2v) is 12.9. The van der Waals surface area contributed by atoms with E-state index >= 15 is 0 Å². The Kier molecular flexibility index (Phi) is 37.9. The van der Waals surface area contributed by atoms with Crippen LogP contribution in [0.3, 0.4) is 0 Å². The molecule has 0 amide bonds. The maximum absolute atomic E-state index is 9.91. The standard InChI is InChI=1S/C46H70O2/c1-3-5-6-7-8-9-10-11-12-13-14-15-16-17-18-19-20-21-22-23-24-25-26-27-28-29-30-34-37-40-43-46(48)44-41-38-35-32-31-33-36-39-42-45(47)4-2/h1-2,5-6,21-22,27-28,39,42,45-48H,7-20,23-26,29-38H2/b6-5?,22-21+,28-27+,42-39+/t45-,46-/m1/s1. The van der Waals surface area contributed by atoms with Gasteiger partial charge in [-0.25, -0.2) is 0 Å². The molecule has 2 nitrogen and oxygen atoms in total. The molecule has 0 heterocycles. The highest BCUT2D eigenvalue weighted by Crippen LogP contribution is 2.14. The minimum atomic E-state index is -0.831. The zero-order valence-electron chi connectivity index (χ0n) is 30.6. The van der Waals surface area contributed by atoms with Crippen molar-refractivity contribution in [3.8, 4) is 48.4 Å². The second-order valence-electron chi connectivity index (χ2n) is 12.9. The largest absolute Gasteiger partial charge is 0.377 e. The Morgan fingerprint density at radius 1 is 0.417 bits per heavy atom. The summed E-state index contributed by atoms with van der Waals surface area (Å²) in [5.74, 6) is 16.6. The monoisotopic (exact) mass is 655 g/mol. The Labute approximate surface area is 298 Å². The van der Waals surface area contributed by atoms with Crippen LogP contribution in [0.2, 0.25) is 0 Å². The van der Waals surface area contributed by atoms with Crippen molar-refractivity contribution in [3.05, 3.63) is 48.6 Å². The van der Waals surface area contributed by atoms with Crippen molar-refractivity contribution < 1.29 is 10.2 Å². The van der Waals surface area contributed by atoms with Gasteiger partial charge >= 0.3 is 0 Å². The van der Waals surface area contributed by atoms with E-state index in [2.05, 4.69) is 65.9 Å². The number of terminal acetylenes is 2. The molecule has 0 saturated heterocycles. The summed E-state index contributed by atoms with van der Waals surface area (Å²) in [7, 11) is 0. The summed E-state index contributed by atoms with van der Waals surface area (Å²) in [4.78, 5) is 0. The van der Waals surface area contributed by atoms with E-state index < -0.39 is 12.2 Å². The van der Waals surface area contributed by atoms with E-state index in [4.69, 9.17) is 12.8 Å². The highest BCUT2D eigenvalue weighted by molar-refractivity contribution is 5.19. The average molecular weight is 655 g/mol. The minimum absolute atomic E-state index is 0.768. The lowest BCUT2D eigenvalue weighted by Crippen LogP contribution is -1.97. The molecule has 0 saturated carbocycles. The van der Waals surface area contributed by atoms with Crippen molar-refractivity contribution in [1.29, 1.82) is 0 Å². The molecule has 0 rings (SSSR count). The highest BCUT2D eigenvalue weighted by atomic mass is 16.3. The van der Waals surface area contributed by atoms with Gasteiger partial charge in [0.2, 0.25) is 0 Å². The predicted octanol–water partition coefficient (Wildman–Crippen LogP) is 12.1. The van der Waals surface area contributed by atoms with Gasteiger partial charge in [-0.05, 0) is 102 Å². The lowest BCUT2D eigenvalue weighted by atomic mass is 10.0. The van der Waals surface area contributed by atoms with Crippen LogP contribution in [0.15, 0.2) is 48.6 Å². The molecule has 0 spiro atoms. The molecule has 0 aromatic carbocycles. The van der Waals surface area contributed by atoms with Crippen LogP contribution in [-0.4, -0.2) is 22.4 Å². The van der Waals surface area contributed by atoms with Gasteiger partial charge < -0.3 is 10.2 Å². The van der Waals surface area contributed by atoms with Gasteiger partial charge in [-0.1, -0.05) is 149 Å². The molecular formula is C46H70O2. The van der Waals surface area contributed by atoms with E-state index in [0.29, 0.717) is 0 Å². The quantitative estimate of drug-likeness (QED) is 0.0444. The van der Waals surface area contributed by atoms with E-state index in [1.807, 2.05) is 12.2 Å². The van der Waals surface area contributed by atoms with Gasteiger partial charge in [-0.15, -0.1) is 12.8 Å². The number of hydrogen-bond donors (Lipinski definition) is 2. The number of unbranched alkanes of at least 4 members (excludes halogenated alkanes) is 24. The Hall–Kier alpha value is -2.88. The second kappa shape index (κ2) is 40.3. The fourth-order valence-corrected chi connectivity index (χ4v) is 5.40. The van der Waals surface area contributed by atoms with Gasteiger partial charge in [-0.2, -0.15) is 0 Å². The van der Waals surface area contributed by atoms with Crippen LogP contribution in [0, 0.1) is 48.4 Å². The third-order valence-electron chi connectivity index (χ3n) is 8.34. The Bertz CT molecular complexity index is 1020. The number of hydrogen-bond acceptors (Lipinski definition) is 2. The van der Waals surface area contributed by atoms with Gasteiger partial charge in [0, 0.05) is 12.8 Å². The van der Waals surface area contributed by atoms with Crippen LogP contribution in [0.5, 0.6) is 0 Å². The van der Waals surface area contributed by atoms with E-state index in [9.17, 15) is 10.2 Å². The molecule has 2 N–H and O–H groups in total. The van der Waals surface area contributed by atoms with Crippen molar-refractivity contribution in [2.24, 2.45) is 0 Å². The van der Waals surface area contributed by atoms with Crippen molar-refractivity contribution >= 4 is 0 Å². The topological polar surface area (TPSA) is 40.5 Å². The van der Waals surface area contributed by atoms with Crippen molar-refractivity contribution in [1.82, 2.24) is 0 Å². The number of aliphatic hydroxyl groups is 2. The summed E-state index contributed by atoms with van der Waals surface area (Å²) in [6.07, 6.45) is 59.9. The molecule has 0 aliphatic heterocycles. The van der Waals surface area contributed by atoms with Gasteiger partial charge in [0.05, 0.1) is 0 Å². The first kappa shape index (κ1) is 45.1. The molecule has 0 radical (unpaired) electrons. The summed E-state index contributed by atoms with van der Waals surface area (Å²) >= 11 is 0. The van der Waals surface area contributed by atoms with Crippen LogP contribution >= 0.6 is 0 Å². The average Bonchev–Trinajstić information content (AvgIpc) is 3.09. The van der Waals surface area contributed by atoms with E-state index in [-0.39, 0.29) is 0 Å². The molecule has 0 fully saturated rings. The fraction of sp³-hybridized carbons (Fsp3) is 0.652. The third kappa shape index (κ3) is 39.3. The van der Waals surface area contributed by atoms with Crippen LogP contribution in [0.25, 0.3) is 0 Å². The summed E-state index contributed by atoms with van der Waals surface area (Å²) in [6, 6.07) is 0. The maximum atomic E-state index is 9.91. The van der Waals surface area contributed by atoms with Crippen molar-refractivity contribution in [2.45, 2.75) is 192 Å². The zero-order valence-corrected chi connectivity index (χ0v) is 30.6. The number of allylic oxidation sites excluding steroid dienone is 7. The zero-order chi connectivity index (χ0) is 34.9. The molecule has 0 aliphatic rings.